The molecule has 2 fully saturated rings. The molecule has 132 valence electrons. The Morgan fingerprint density at radius 2 is 1.96 bits per heavy atom. The van der Waals surface area contributed by atoms with E-state index in [0.29, 0.717) is 67.8 Å². The van der Waals surface area contributed by atoms with Crippen molar-refractivity contribution in [3.05, 3.63) is 22.7 Å². The van der Waals surface area contributed by atoms with Crippen LogP contribution in [0.5, 0.6) is 11.5 Å². The summed E-state index contributed by atoms with van der Waals surface area (Å²) in [6.07, 6.45) is 1.36. The Bertz CT molecular complexity index is 605. The first kappa shape index (κ1) is 17.3. The molecule has 2 saturated heterocycles. The molecule has 2 aliphatic rings. The summed E-state index contributed by atoms with van der Waals surface area (Å²) >= 11 is 6.26. The van der Waals surface area contributed by atoms with Crippen molar-refractivity contribution in [2.75, 3.05) is 40.0 Å². The molecule has 7 heteroatoms. The molecule has 0 radical (unpaired) electrons. The second-order valence-corrected chi connectivity index (χ2v) is 6.23. The standard InChI is InChI=1S/C17H22ClNO5/c1-3-22-15-13(18)10-12(11-14(15)21-2)16(20)19-6-4-17(5-7-19)23-8-9-24-17/h10-11H,3-9H2,1-2H3. The molecule has 1 aromatic rings. The molecule has 1 amide bonds. The maximum atomic E-state index is 12.8. The molecule has 0 saturated carbocycles. The lowest BCUT2D eigenvalue weighted by molar-refractivity contribution is -0.181. The van der Waals surface area contributed by atoms with Crippen molar-refractivity contribution in [1.29, 1.82) is 0 Å². The molecule has 2 aliphatic heterocycles. The van der Waals surface area contributed by atoms with Gasteiger partial charge in [-0.15, -0.1) is 0 Å². The monoisotopic (exact) mass is 355 g/mol. The van der Waals surface area contributed by atoms with E-state index in [2.05, 4.69) is 0 Å². The minimum absolute atomic E-state index is 0.0777. The summed E-state index contributed by atoms with van der Waals surface area (Å²) in [4.78, 5) is 14.6. The van der Waals surface area contributed by atoms with Gasteiger partial charge in [-0.1, -0.05) is 11.6 Å². The molecule has 0 atom stereocenters. The quantitative estimate of drug-likeness (QED) is 0.831. The lowest BCUT2D eigenvalue weighted by Crippen LogP contribution is -2.47. The van der Waals surface area contributed by atoms with Crippen LogP contribution in [0.25, 0.3) is 0 Å². The fourth-order valence-electron chi connectivity index (χ4n) is 3.15. The molecule has 2 heterocycles. The Balaban J connectivity index is 1.74. The van der Waals surface area contributed by atoms with Crippen LogP contribution in [0, 0.1) is 0 Å². The highest BCUT2D eigenvalue weighted by atomic mass is 35.5. The zero-order valence-electron chi connectivity index (χ0n) is 14.0. The first-order chi connectivity index (χ1) is 11.6. The van der Waals surface area contributed by atoms with E-state index in [4.69, 9.17) is 30.5 Å². The van der Waals surface area contributed by atoms with E-state index in [0.717, 1.165) is 0 Å². The van der Waals surface area contributed by atoms with Gasteiger partial charge in [-0.05, 0) is 19.1 Å². The summed E-state index contributed by atoms with van der Waals surface area (Å²) in [6.45, 7) is 4.76. The van der Waals surface area contributed by atoms with E-state index in [1.54, 1.807) is 17.0 Å². The number of benzene rings is 1. The number of piperidine rings is 1. The minimum Gasteiger partial charge on any atom is -0.493 e. The average molecular weight is 356 g/mol. The van der Waals surface area contributed by atoms with Gasteiger partial charge in [0.05, 0.1) is 32.0 Å². The fraction of sp³-hybridized carbons (Fsp3) is 0.588. The van der Waals surface area contributed by atoms with E-state index in [9.17, 15) is 4.79 Å². The molecule has 0 bridgehead atoms. The number of methoxy groups -OCH3 is 1. The van der Waals surface area contributed by atoms with Crippen LogP contribution < -0.4 is 9.47 Å². The molecule has 1 aromatic carbocycles. The van der Waals surface area contributed by atoms with Gasteiger partial charge in [0.25, 0.3) is 5.91 Å². The van der Waals surface area contributed by atoms with Gasteiger partial charge in [0.2, 0.25) is 0 Å². The maximum Gasteiger partial charge on any atom is 0.254 e. The molecule has 24 heavy (non-hydrogen) atoms. The van der Waals surface area contributed by atoms with E-state index in [1.165, 1.54) is 7.11 Å². The lowest BCUT2D eigenvalue weighted by atomic mass is 10.0. The third-order valence-electron chi connectivity index (χ3n) is 4.39. The first-order valence-electron chi connectivity index (χ1n) is 8.16. The summed E-state index contributed by atoms with van der Waals surface area (Å²) in [5.41, 5.74) is 0.490. The summed E-state index contributed by atoms with van der Waals surface area (Å²) < 4.78 is 22.2. The predicted molar refractivity (Wildman–Crippen MR) is 88.9 cm³/mol. The number of hydrogen-bond donors (Lipinski definition) is 0. The number of carbonyl (C=O) groups excluding carboxylic acids is 1. The topological polar surface area (TPSA) is 57.2 Å². The van der Waals surface area contributed by atoms with Crippen LogP contribution in [0.2, 0.25) is 5.02 Å². The van der Waals surface area contributed by atoms with Gasteiger partial charge in [0.15, 0.2) is 17.3 Å². The van der Waals surface area contributed by atoms with Gasteiger partial charge in [-0.3, -0.25) is 4.79 Å². The van der Waals surface area contributed by atoms with Crippen molar-refractivity contribution in [2.24, 2.45) is 0 Å². The highest BCUT2D eigenvalue weighted by molar-refractivity contribution is 6.32. The largest absolute Gasteiger partial charge is 0.493 e. The average Bonchev–Trinajstić information content (AvgIpc) is 3.04. The molecule has 6 nitrogen and oxygen atoms in total. The highest BCUT2D eigenvalue weighted by Crippen LogP contribution is 2.37. The van der Waals surface area contributed by atoms with Gasteiger partial charge in [-0.2, -0.15) is 0 Å². The fourth-order valence-corrected chi connectivity index (χ4v) is 3.41. The molecule has 0 unspecified atom stereocenters. The van der Waals surface area contributed by atoms with Crippen LogP contribution in [0.1, 0.15) is 30.1 Å². The normalized spacial score (nSPS) is 19.5. The number of carbonyl (C=O) groups is 1. The molecule has 0 aromatic heterocycles. The third kappa shape index (κ3) is 3.31. The zero-order chi connectivity index (χ0) is 17.2. The molecule has 0 aliphatic carbocycles. The first-order valence-corrected chi connectivity index (χ1v) is 8.54. The Hall–Kier alpha value is -1.50. The number of amides is 1. The minimum atomic E-state index is -0.495. The number of nitrogens with zero attached hydrogens (tertiary/aromatic N) is 1. The lowest BCUT2D eigenvalue weighted by Gasteiger charge is -2.37. The predicted octanol–water partition coefficient (Wildman–Crippen LogP) is 2.73. The van der Waals surface area contributed by atoms with Crippen LogP contribution in [0.4, 0.5) is 0 Å². The van der Waals surface area contributed by atoms with E-state index >= 15 is 0 Å². The molecule has 0 N–H and O–H groups in total. The second kappa shape index (κ2) is 7.17. The van der Waals surface area contributed by atoms with Crippen molar-refractivity contribution >= 4 is 17.5 Å². The number of ether oxygens (including phenoxy) is 4. The van der Waals surface area contributed by atoms with Gasteiger partial charge in [0, 0.05) is 31.5 Å². The number of hydrogen-bond acceptors (Lipinski definition) is 5. The molecular weight excluding hydrogens is 334 g/mol. The molecule has 1 spiro atoms. The maximum absolute atomic E-state index is 12.8. The van der Waals surface area contributed by atoms with Crippen LogP contribution in [0.3, 0.4) is 0 Å². The zero-order valence-corrected chi connectivity index (χ0v) is 14.7. The van der Waals surface area contributed by atoms with Crippen molar-refractivity contribution in [3.63, 3.8) is 0 Å². The van der Waals surface area contributed by atoms with Gasteiger partial charge in [-0.25, -0.2) is 0 Å². The summed E-state index contributed by atoms with van der Waals surface area (Å²) in [5.74, 6) is 0.351. The Labute approximate surface area is 146 Å². The van der Waals surface area contributed by atoms with Crippen molar-refractivity contribution in [3.8, 4) is 11.5 Å². The van der Waals surface area contributed by atoms with Crippen LogP contribution in [0.15, 0.2) is 12.1 Å². The summed E-state index contributed by atoms with van der Waals surface area (Å²) in [5, 5.41) is 0.371. The highest BCUT2D eigenvalue weighted by Gasteiger charge is 2.41. The third-order valence-corrected chi connectivity index (χ3v) is 4.67. The number of halogens is 1. The Morgan fingerprint density at radius 3 is 2.54 bits per heavy atom. The van der Waals surface area contributed by atoms with Crippen LogP contribution in [-0.2, 0) is 9.47 Å². The van der Waals surface area contributed by atoms with Crippen molar-refractivity contribution in [2.45, 2.75) is 25.6 Å². The van der Waals surface area contributed by atoms with Crippen LogP contribution >= 0.6 is 11.6 Å². The van der Waals surface area contributed by atoms with E-state index in [-0.39, 0.29) is 5.91 Å². The SMILES string of the molecule is CCOc1c(Cl)cc(C(=O)N2CCC3(CC2)OCCO3)cc1OC. The Kier molecular flexibility index (Phi) is 5.18. The van der Waals surface area contributed by atoms with Crippen LogP contribution in [-0.4, -0.2) is 56.6 Å². The summed E-state index contributed by atoms with van der Waals surface area (Å²) in [7, 11) is 1.53. The summed E-state index contributed by atoms with van der Waals surface area (Å²) in [6, 6.07) is 3.30. The van der Waals surface area contributed by atoms with Gasteiger partial charge < -0.3 is 23.8 Å². The van der Waals surface area contributed by atoms with E-state index < -0.39 is 5.79 Å². The van der Waals surface area contributed by atoms with Crippen molar-refractivity contribution in [1.82, 2.24) is 4.90 Å². The van der Waals surface area contributed by atoms with Gasteiger partial charge >= 0.3 is 0 Å². The smallest absolute Gasteiger partial charge is 0.254 e. The second-order valence-electron chi connectivity index (χ2n) is 5.82. The Morgan fingerprint density at radius 1 is 1.29 bits per heavy atom. The van der Waals surface area contributed by atoms with E-state index in [1.807, 2.05) is 6.92 Å². The van der Waals surface area contributed by atoms with Gasteiger partial charge in [0.1, 0.15) is 0 Å². The van der Waals surface area contributed by atoms with Crippen molar-refractivity contribution < 1.29 is 23.7 Å². The molecule has 3 rings (SSSR count). The number of rotatable bonds is 4. The molecular formula is C17H22ClNO5. The number of likely N-dealkylation sites (tertiary alicyclic amines) is 1.